The Balaban J connectivity index is -0.000000385. The first-order chi connectivity index (χ1) is 30.0. The van der Waals surface area contributed by atoms with Crippen molar-refractivity contribution in [2.24, 2.45) is 0 Å². The summed E-state index contributed by atoms with van der Waals surface area (Å²) < 4.78 is 1.07. The minimum atomic E-state index is -1.04. The Labute approximate surface area is 414 Å². The van der Waals surface area contributed by atoms with Crippen LogP contribution in [0.4, 0.5) is 0 Å². The molecular weight excluding hydrogens is 937 g/mol. The zero-order chi connectivity index (χ0) is 47.2. The Hall–Kier alpha value is -0.251. The molecule has 0 spiro atoms. The first-order valence-corrected chi connectivity index (χ1v) is 29.2. The first kappa shape index (κ1) is 68.3. The van der Waals surface area contributed by atoms with Gasteiger partial charge in [-0.25, -0.2) is 0 Å². The van der Waals surface area contributed by atoms with Crippen LogP contribution in [0.5, 0.6) is 0 Å². The molecule has 0 N–H and O–H groups in total. The summed E-state index contributed by atoms with van der Waals surface area (Å²) in [5.74, 6) is -3.11. The van der Waals surface area contributed by atoms with Crippen molar-refractivity contribution in [1.82, 2.24) is 0 Å². The molecule has 0 amide bonds. The van der Waals surface area contributed by atoms with E-state index in [4.69, 9.17) is 5.26 Å². The number of nitrogens with zero attached hydrogens (tertiary/aromatic N) is 1. The quantitative estimate of drug-likeness (QED) is 0.0313. The van der Waals surface area contributed by atoms with Gasteiger partial charge in [0.1, 0.15) is 0 Å². The summed E-state index contributed by atoms with van der Waals surface area (Å²) in [6.45, 7) is 6.76. The minimum absolute atomic E-state index is 0.580. The van der Waals surface area contributed by atoms with Gasteiger partial charge in [0.2, 0.25) is 0 Å². The van der Waals surface area contributed by atoms with Gasteiger partial charge < -0.3 is 29.7 Å². The fourth-order valence-electron chi connectivity index (χ4n) is 6.95. The van der Waals surface area contributed by atoms with Gasteiger partial charge >= 0.3 is 44.7 Å². The van der Waals surface area contributed by atoms with Gasteiger partial charge in [-0.1, -0.05) is 252 Å². The Morgan fingerprint density at radius 1 is 0.387 bits per heavy atom. The van der Waals surface area contributed by atoms with E-state index in [0.717, 1.165) is 49.4 Å². The third kappa shape index (κ3) is 66.4. The van der Waals surface area contributed by atoms with Gasteiger partial charge in [-0.05, 0) is 19.3 Å². The number of hydrogen-bond donors (Lipinski definition) is 3. The van der Waals surface area contributed by atoms with E-state index >= 15 is 0 Å². The van der Waals surface area contributed by atoms with Crippen LogP contribution in [0.25, 0.3) is 0 Å². The standard InChI is InChI=1S/3C16H32O2S.C3H4N.Sn/c3*1-2-3-4-5-6-7-8-9-10-11-12-13-14-15(19)16(17)18;1-2-3-4;/h3*15,19H,2-14H2,1H3,(H,17,18);1-2H2;/q;;;;+3/p-3. The molecule has 3 unspecified atom stereocenters. The summed E-state index contributed by atoms with van der Waals surface area (Å²) in [6, 6.07) is 2.04. The van der Waals surface area contributed by atoms with Crippen molar-refractivity contribution in [3.8, 4) is 6.07 Å². The van der Waals surface area contributed by atoms with Gasteiger partial charge in [-0.2, -0.15) is 37.9 Å². The SMILES string of the molecule is CCCCCCCCCCCCCCC(S)C(=O)[O-].CCCCCCCCCCCCCCC(S)C(=O)[O-].CCCCCCCCCCCCCCC(S)C(=O)[O-].N#CC[CH2][Sn+3]. The number of thiol groups is 3. The predicted octanol–water partition coefficient (Wildman–Crippen LogP) is 12.9. The number of carboxylic acid groups (broad SMARTS) is 3. The molecule has 0 rings (SSSR count). The van der Waals surface area contributed by atoms with Crippen molar-refractivity contribution in [1.29, 1.82) is 5.26 Å². The molecule has 0 saturated carbocycles. The van der Waals surface area contributed by atoms with Crippen molar-refractivity contribution in [2.75, 3.05) is 0 Å². The number of unbranched alkanes of at least 4 members (excludes halogenated alkanes) is 33. The van der Waals surface area contributed by atoms with Crippen molar-refractivity contribution < 1.29 is 29.7 Å². The van der Waals surface area contributed by atoms with Gasteiger partial charge in [-0.3, -0.25) is 0 Å². The molecule has 0 saturated heterocycles. The van der Waals surface area contributed by atoms with Crippen LogP contribution in [-0.4, -0.2) is 56.2 Å². The van der Waals surface area contributed by atoms with Crippen molar-refractivity contribution >= 4 is 78.3 Å². The number of carbonyl (C=O) groups excluding carboxylic acids is 3. The maximum absolute atomic E-state index is 10.4. The molecule has 0 aliphatic rings. The van der Waals surface area contributed by atoms with Gasteiger partial charge in [0.15, 0.2) is 0 Å². The van der Waals surface area contributed by atoms with E-state index in [1.165, 1.54) is 215 Å². The molecule has 3 atom stereocenters. The molecule has 364 valence electrons. The van der Waals surface area contributed by atoms with Crippen molar-refractivity contribution in [3.63, 3.8) is 0 Å². The van der Waals surface area contributed by atoms with Crippen LogP contribution in [0.3, 0.4) is 0 Å². The summed E-state index contributed by atoms with van der Waals surface area (Å²) in [7, 11) is 0. The molecule has 0 fully saturated rings. The van der Waals surface area contributed by atoms with E-state index in [1.807, 2.05) is 6.07 Å². The maximum atomic E-state index is 10.4. The van der Waals surface area contributed by atoms with Crippen molar-refractivity contribution in [2.45, 2.75) is 298 Å². The van der Waals surface area contributed by atoms with E-state index in [1.54, 1.807) is 0 Å². The Bertz CT molecular complexity index is 852. The second-order valence-electron chi connectivity index (χ2n) is 17.2. The topological polar surface area (TPSA) is 144 Å². The molecular formula is C51H97NO6S3Sn. The average molecular weight is 1040 g/mol. The van der Waals surface area contributed by atoms with Crippen LogP contribution < -0.4 is 15.3 Å². The van der Waals surface area contributed by atoms with Crippen LogP contribution in [0, 0.1) is 11.3 Å². The monoisotopic (exact) mass is 1040 g/mol. The van der Waals surface area contributed by atoms with Crippen LogP contribution in [-0.2, 0) is 14.4 Å². The third-order valence-corrected chi connectivity index (χ3v) is 13.2. The number of nitriles is 1. The van der Waals surface area contributed by atoms with Crippen LogP contribution in [0.15, 0.2) is 0 Å². The van der Waals surface area contributed by atoms with Gasteiger partial charge in [0.05, 0.1) is 17.9 Å². The number of rotatable bonds is 43. The molecule has 11 heteroatoms. The number of carbonyl (C=O) groups is 3. The van der Waals surface area contributed by atoms with Crippen molar-refractivity contribution in [3.05, 3.63) is 0 Å². The molecule has 0 aromatic carbocycles. The predicted molar refractivity (Wildman–Crippen MR) is 271 cm³/mol. The second-order valence-corrected chi connectivity index (χ2v) is 20.5. The first-order valence-electron chi connectivity index (χ1n) is 25.6. The second kappa shape index (κ2) is 60.7. The molecule has 0 heterocycles. The molecule has 0 bridgehead atoms. The molecule has 7 nitrogen and oxygen atoms in total. The summed E-state index contributed by atoms with van der Waals surface area (Å²) >= 11 is 13.4. The van der Waals surface area contributed by atoms with E-state index in [0.29, 0.717) is 19.3 Å². The zero-order valence-electron chi connectivity index (χ0n) is 40.5. The van der Waals surface area contributed by atoms with Crippen LogP contribution in [0.2, 0.25) is 4.44 Å². The molecule has 0 aromatic heterocycles. The van der Waals surface area contributed by atoms with E-state index in [2.05, 4.69) is 58.7 Å². The molecule has 0 radical (unpaired) electrons. The number of hydrogen-bond acceptors (Lipinski definition) is 10. The van der Waals surface area contributed by atoms with E-state index in [9.17, 15) is 29.7 Å². The van der Waals surface area contributed by atoms with E-state index in [-0.39, 0.29) is 0 Å². The molecule has 0 aromatic rings. The Morgan fingerprint density at radius 3 is 0.661 bits per heavy atom. The van der Waals surface area contributed by atoms with Crippen LogP contribution in [0.1, 0.15) is 278 Å². The Morgan fingerprint density at radius 2 is 0.548 bits per heavy atom. The molecule has 0 aliphatic carbocycles. The summed E-state index contributed by atoms with van der Waals surface area (Å²) in [4.78, 5) is 31.3. The summed E-state index contributed by atoms with van der Waals surface area (Å²) in [5, 5.41) is 37.4. The average Bonchev–Trinajstić information content (AvgIpc) is 3.25. The summed E-state index contributed by atoms with van der Waals surface area (Å²) in [5.41, 5.74) is 0. The fraction of sp³-hybridized carbons (Fsp3) is 0.922. The Kier molecular flexibility index (Phi) is 67.0. The third-order valence-electron chi connectivity index (χ3n) is 11.0. The molecule has 62 heavy (non-hydrogen) atoms. The summed E-state index contributed by atoms with van der Waals surface area (Å²) in [6.07, 6.45) is 49.4. The van der Waals surface area contributed by atoms with E-state index < -0.39 is 33.7 Å². The van der Waals surface area contributed by atoms with Gasteiger partial charge in [0, 0.05) is 15.7 Å². The molecule has 0 aliphatic heterocycles. The van der Waals surface area contributed by atoms with Gasteiger partial charge in [0.25, 0.3) is 0 Å². The van der Waals surface area contributed by atoms with Crippen LogP contribution >= 0.6 is 37.9 Å². The normalized spacial score (nSPS) is 12.0. The van der Waals surface area contributed by atoms with Gasteiger partial charge in [-0.15, -0.1) is 0 Å². The fourth-order valence-corrected chi connectivity index (χ4v) is 7.81. The zero-order valence-corrected chi connectivity index (χ0v) is 46.0. The number of carboxylic acids is 3. The number of aliphatic carboxylic acids is 3.